The molecule has 2 N–H and O–H groups in total. The van der Waals surface area contributed by atoms with Gasteiger partial charge in [-0.15, -0.1) is 11.3 Å². The zero-order valence-corrected chi connectivity index (χ0v) is 13.8. The number of aromatic nitrogens is 1. The van der Waals surface area contributed by atoms with E-state index < -0.39 is 0 Å². The van der Waals surface area contributed by atoms with Crippen molar-refractivity contribution in [3.05, 3.63) is 29.0 Å². The Bertz CT molecular complexity index is 697. The minimum atomic E-state index is 0.0276. The molecule has 2 aromatic heterocycles. The molecular formula is C15H17N3O2S2. The van der Waals surface area contributed by atoms with Crippen molar-refractivity contribution in [3.8, 4) is 0 Å². The normalized spacial score (nSPS) is 26.5. The molecule has 22 heavy (non-hydrogen) atoms. The van der Waals surface area contributed by atoms with Gasteiger partial charge in [-0.2, -0.15) is 0 Å². The number of fused-ring (bicyclic) bond motifs is 2. The number of nitrogens with one attached hydrogen (secondary N) is 2. The summed E-state index contributed by atoms with van der Waals surface area (Å²) < 4.78 is 6.34. The number of hydrogen-bond donors (Lipinski definition) is 2. The number of rotatable bonds is 4. The Labute approximate surface area is 136 Å². The van der Waals surface area contributed by atoms with Crippen LogP contribution in [0.25, 0.3) is 0 Å². The third kappa shape index (κ3) is 2.80. The van der Waals surface area contributed by atoms with E-state index in [-0.39, 0.29) is 11.9 Å². The molecule has 7 heteroatoms. The zero-order chi connectivity index (χ0) is 15.1. The fourth-order valence-electron chi connectivity index (χ4n) is 3.19. The fraction of sp³-hybridized carbons (Fsp3) is 0.467. The smallest absolute Gasteiger partial charge is 0.261 e. The van der Waals surface area contributed by atoms with E-state index in [1.807, 2.05) is 19.1 Å². The Hall–Kier alpha value is -1.31. The summed E-state index contributed by atoms with van der Waals surface area (Å²) in [6, 6.07) is 5.15. The minimum Gasteiger partial charge on any atom is -0.439 e. The number of amides is 1. The highest BCUT2D eigenvalue weighted by atomic mass is 32.2. The maximum atomic E-state index is 12.4. The number of nitrogens with zero attached hydrogens (tertiary/aromatic N) is 1. The van der Waals surface area contributed by atoms with Crippen molar-refractivity contribution >= 4 is 29.0 Å². The Morgan fingerprint density at radius 3 is 3.09 bits per heavy atom. The fourth-order valence-corrected chi connectivity index (χ4v) is 5.07. The summed E-state index contributed by atoms with van der Waals surface area (Å²) in [5.41, 5.74) is 0.862. The number of thiophene rings is 1. The molecule has 2 bridgehead atoms. The van der Waals surface area contributed by atoms with E-state index in [0.717, 1.165) is 21.2 Å². The Morgan fingerprint density at radius 2 is 2.41 bits per heavy atom. The first kappa shape index (κ1) is 14.3. The average Bonchev–Trinajstić information content (AvgIpc) is 3.24. The van der Waals surface area contributed by atoms with Crippen LogP contribution in [0.2, 0.25) is 0 Å². The maximum absolute atomic E-state index is 12.4. The van der Waals surface area contributed by atoms with Crippen molar-refractivity contribution in [2.75, 3.05) is 0 Å². The molecular weight excluding hydrogens is 318 g/mol. The molecule has 2 aliphatic rings. The Kier molecular flexibility index (Phi) is 3.71. The number of aryl methyl sites for hydroxylation is 1. The van der Waals surface area contributed by atoms with E-state index in [9.17, 15) is 4.79 Å². The molecule has 0 saturated carbocycles. The van der Waals surface area contributed by atoms with E-state index >= 15 is 0 Å². The van der Waals surface area contributed by atoms with Crippen LogP contribution in [0.5, 0.6) is 0 Å². The van der Waals surface area contributed by atoms with Crippen LogP contribution < -0.4 is 10.6 Å². The molecule has 0 radical (unpaired) electrons. The van der Waals surface area contributed by atoms with Gasteiger partial charge >= 0.3 is 0 Å². The van der Waals surface area contributed by atoms with Gasteiger partial charge in [0.25, 0.3) is 11.1 Å². The van der Waals surface area contributed by atoms with Crippen LogP contribution in [0.1, 0.15) is 34.6 Å². The van der Waals surface area contributed by atoms with Gasteiger partial charge in [0, 0.05) is 18.1 Å². The van der Waals surface area contributed by atoms with Crippen LogP contribution in [-0.4, -0.2) is 29.0 Å². The van der Waals surface area contributed by atoms with E-state index in [4.69, 9.17) is 4.42 Å². The van der Waals surface area contributed by atoms with Gasteiger partial charge in [0.15, 0.2) is 0 Å². The van der Waals surface area contributed by atoms with Gasteiger partial charge in [-0.25, -0.2) is 4.98 Å². The number of hydrogen-bond acceptors (Lipinski definition) is 6. The summed E-state index contributed by atoms with van der Waals surface area (Å²) >= 11 is 2.93. The van der Waals surface area contributed by atoms with E-state index in [1.165, 1.54) is 35.9 Å². The van der Waals surface area contributed by atoms with Gasteiger partial charge in [-0.05, 0) is 50.1 Å². The lowest BCUT2D eigenvalue weighted by Gasteiger charge is -2.20. The number of carbonyl (C=O) groups is 1. The molecule has 3 unspecified atom stereocenters. The molecule has 116 valence electrons. The molecule has 3 atom stereocenters. The average molecular weight is 335 g/mol. The van der Waals surface area contributed by atoms with Gasteiger partial charge in [0.1, 0.15) is 6.26 Å². The minimum absolute atomic E-state index is 0.0276. The van der Waals surface area contributed by atoms with Crippen LogP contribution in [0.15, 0.2) is 32.2 Å². The molecule has 0 aliphatic carbocycles. The van der Waals surface area contributed by atoms with Crippen molar-refractivity contribution in [2.24, 2.45) is 0 Å². The summed E-state index contributed by atoms with van der Waals surface area (Å²) in [6.45, 7) is 1.89. The van der Waals surface area contributed by atoms with E-state index in [2.05, 4.69) is 15.6 Å². The summed E-state index contributed by atoms with van der Waals surface area (Å²) in [6.07, 6.45) is 5.10. The first-order chi connectivity index (χ1) is 10.7. The molecule has 2 saturated heterocycles. The largest absolute Gasteiger partial charge is 0.439 e. The lowest BCUT2D eigenvalue weighted by Crippen LogP contribution is -2.42. The molecule has 0 aromatic carbocycles. The second-order valence-electron chi connectivity index (χ2n) is 5.84. The second kappa shape index (κ2) is 5.72. The van der Waals surface area contributed by atoms with Gasteiger partial charge in [-0.1, -0.05) is 0 Å². The molecule has 2 aromatic rings. The van der Waals surface area contributed by atoms with E-state index in [0.29, 0.717) is 17.3 Å². The Morgan fingerprint density at radius 1 is 1.50 bits per heavy atom. The van der Waals surface area contributed by atoms with Crippen molar-refractivity contribution in [1.29, 1.82) is 0 Å². The highest BCUT2D eigenvalue weighted by Crippen LogP contribution is 2.33. The molecule has 2 aliphatic heterocycles. The van der Waals surface area contributed by atoms with Crippen molar-refractivity contribution < 1.29 is 9.21 Å². The van der Waals surface area contributed by atoms with Crippen LogP contribution in [0.4, 0.5) is 0 Å². The van der Waals surface area contributed by atoms with Crippen molar-refractivity contribution in [3.63, 3.8) is 0 Å². The van der Waals surface area contributed by atoms with Crippen LogP contribution >= 0.6 is 23.1 Å². The summed E-state index contributed by atoms with van der Waals surface area (Å²) in [7, 11) is 0. The van der Waals surface area contributed by atoms with Crippen LogP contribution in [0.3, 0.4) is 0 Å². The number of oxazole rings is 1. The van der Waals surface area contributed by atoms with Gasteiger partial charge in [0.2, 0.25) is 0 Å². The predicted octanol–water partition coefficient (Wildman–Crippen LogP) is 2.82. The van der Waals surface area contributed by atoms with E-state index in [1.54, 1.807) is 6.26 Å². The highest BCUT2D eigenvalue weighted by molar-refractivity contribution is 8.01. The molecule has 4 rings (SSSR count). The van der Waals surface area contributed by atoms with Crippen molar-refractivity contribution in [1.82, 2.24) is 15.6 Å². The Balaban J connectivity index is 1.39. The lowest BCUT2D eigenvalue weighted by molar-refractivity contribution is 0.0935. The van der Waals surface area contributed by atoms with Crippen LogP contribution in [-0.2, 0) is 0 Å². The molecule has 0 spiro atoms. The first-order valence-electron chi connectivity index (χ1n) is 7.44. The molecule has 4 heterocycles. The maximum Gasteiger partial charge on any atom is 0.261 e. The lowest BCUT2D eigenvalue weighted by atomic mass is 9.95. The monoisotopic (exact) mass is 335 g/mol. The second-order valence-corrected chi connectivity index (χ2v) is 8.17. The van der Waals surface area contributed by atoms with Gasteiger partial charge in [0.05, 0.1) is 14.8 Å². The first-order valence-corrected chi connectivity index (χ1v) is 9.07. The molecule has 5 nitrogen and oxygen atoms in total. The molecule has 1 amide bonds. The standard InChI is InChI=1S/C15H17N3O2S2/c1-8-7-20-15(16-8)22-13-5-4-12(21-13)14(19)18-11-6-9-2-3-10(11)17-9/h4-5,7,9-11,17H,2-3,6H2,1H3,(H,18,19). The number of carbonyl (C=O) groups excluding carboxylic acids is 1. The third-order valence-electron chi connectivity index (χ3n) is 4.21. The third-order valence-corrected chi connectivity index (χ3v) is 6.29. The zero-order valence-electron chi connectivity index (χ0n) is 12.2. The van der Waals surface area contributed by atoms with Crippen molar-refractivity contribution in [2.45, 2.75) is 53.7 Å². The highest BCUT2D eigenvalue weighted by Gasteiger charge is 2.39. The topological polar surface area (TPSA) is 67.2 Å². The summed E-state index contributed by atoms with van der Waals surface area (Å²) in [4.78, 5) is 17.4. The van der Waals surface area contributed by atoms with Crippen LogP contribution in [0, 0.1) is 6.92 Å². The van der Waals surface area contributed by atoms with Gasteiger partial charge in [-0.3, -0.25) is 4.79 Å². The van der Waals surface area contributed by atoms with Gasteiger partial charge < -0.3 is 15.1 Å². The SMILES string of the molecule is Cc1coc(Sc2ccc(C(=O)NC3CC4CCC3N4)s2)n1. The molecule has 2 fully saturated rings. The summed E-state index contributed by atoms with van der Waals surface area (Å²) in [5, 5.41) is 7.32. The summed E-state index contributed by atoms with van der Waals surface area (Å²) in [5.74, 6) is 0.0276. The quantitative estimate of drug-likeness (QED) is 0.899. The predicted molar refractivity (Wildman–Crippen MR) is 85.5 cm³/mol.